The summed E-state index contributed by atoms with van der Waals surface area (Å²) in [4.78, 5) is 12.8. The number of aromatic hydroxyl groups is 1. The molecular formula is C21H18O4. The molecule has 0 saturated heterocycles. The Morgan fingerprint density at radius 2 is 2.04 bits per heavy atom. The highest BCUT2D eigenvalue weighted by Crippen LogP contribution is 2.41. The molecule has 0 fully saturated rings. The van der Waals surface area contributed by atoms with E-state index in [9.17, 15) is 9.90 Å². The van der Waals surface area contributed by atoms with E-state index >= 15 is 0 Å². The second kappa shape index (κ2) is 7.09. The van der Waals surface area contributed by atoms with Crippen molar-refractivity contribution in [3.8, 4) is 11.5 Å². The molecule has 4 nitrogen and oxygen atoms in total. The number of furan rings is 1. The number of hydrogen-bond donors (Lipinski definition) is 1. The minimum Gasteiger partial charge on any atom is -0.507 e. The number of rotatable bonds is 6. The number of fused-ring (bicyclic) bond motifs is 1. The molecule has 4 heteroatoms. The fourth-order valence-electron chi connectivity index (χ4n) is 2.82. The van der Waals surface area contributed by atoms with E-state index in [1.165, 1.54) is 19.4 Å². The van der Waals surface area contributed by atoms with Crippen LogP contribution in [0.5, 0.6) is 11.5 Å². The molecule has 0 atom stereocenters. The van der Waals surface area contributed by atoms with E-state index in [0.717, 1.165) is 5.56 Å². The van der Waals surface area contributed by atoms with E-state index in [4.69, 9.17) is 9.15 Å². The third-order valence-electron chi connectivity index (χ3n) is 3.96. The van der Waals surface area contributed by atoms with Crippen LogP contribution in [0.4, 0.5) is 0 Å². The van der Waals surface area contributed by atoms with Crippen LogP contribution in [0.2, 0.25) is 0 Å². The largest absolute Gasteiger partial charge is 0.507 e. The van der Waals surface area contributed by atoms with Gasteiger partial charge in [-0.15, -0.1) is 6.58 Å². The molecule has 1 N–H and O–H groups in total. The number of phenolic OH excluding ortho intramolecular Hbond substituents is 1. The minimum atomic E-state index is -0.341. The molecule has 3 rings (SSSR count). The first kappa shape index (κ1) is 16.6. The molecule has 0 amide bonds. The van der Waals surface area contributed by atoms with Crippen molar-refractivity contribution in [1.82, 2.24) is 0 Å². The summed E-state index contributed by atoms with van der Waals surface area (Å²) in [6.45, 7) is 3.70. The maximum absolute atomic E-state index is 12.8. The highest BCUT2D eigenvalue weighted by molar-refractivity contribution is 6.14. The number of hydrogen-bond acceptors (Lipinski definition) is 4. The monoisotopic (exact) mass is 334 g/mol. The zero-order chi connectivity index (χ0) is 17.8. The fraction of sp³-hybridized carbons (Fsp3) is 0.0952. The van der Waals surface area contributed by atoms with Gasteiger partial charge in [0, 0.05) is 5.56 Å². The van der Waals surface area contributed by atoms with E-state index in [-0.39, 0.29) is 17.1 Å². The highest BCUT2D eigenvalue weighted by Gasteiger charge is 2.24. The van der Waals surface area contributed by atoms with E-state index in [2.05, 4.69) is 6.58 Å². The summed E-state index contributed by atoms with van der Waals surface area (Å²) in [5, 5.41) is 11.3. The fourth-order valence-corrected chi connectivity index (χ4v) is 2.82. The van der Waals surface area contributed by atoms with Crippen molar-refractivity contribution in [2.45, 2.75) is 6.42 Å². The molecule has 0 saturated carbocycles. The van der Waals surface area contributed by atoms with Gasteiger partial charge in [0.15, 0.2) is 5.78 Å². The molecule has 2 aromatic carbocycles. The molecule has 1 heterocycles. The van der Waals surface area contributed by atoms with E-state index in [0.29, 0.717) is 28.7 Å². The zero-order valence-electron chi connectivity index (χ0n) is 13.9. The maximum Gasteiger partial charge on any atom is 0.193 e. The lowest BCUT2D eigenvalue weighted by molar-refractivity contribution is 0.104. The Kier molecular flexibility index (Phi) is 4.70. The topological polar surface area (TPSA) is 59.7 Å². The van der Waals surface area contributed by atoms with E-state index in [1.807, 2.05) is 30.3 Å². The predicted octanol–water partition coefficient (Wildman–Crippen LogP) is 4.77. The lowest BCUT2D eigenvalue weighted by atomic mass is 9.98. The number of carbonyl (C=O) groups is 1. The molecule has 0 unspecified atom stereocenters. The summed E-state index contributed by atoms with van der Waals surface area (Å²) in [5.41, 5.74) is 2.04. The molecule has 0 aliphatic carbocycles. The lowest BCUT2D eigenvalue weighted by Gasteiger charge is -2.13. The number of ketones is 1. The third kappa shape index (κ3) is 3.06. The molecule has 25 heavy (non-hydrogen) atoms. The summed E-state index contributed by atoms with van der Waals surface area (Å²) in [5.74, 6) is -0.176. The third-order valence-corrected chi connectivity index (χ3v) is 3.96. The first-order valence-electron chi connectivity index (χ1n) is 7.84. The van der Waals surface area contributed by atoms with Crippen LogP contribution in [-0.4, -0.2) is 18.0 Å². The van der Waals surface area contributed by atoms with Crippen LogP contribution in [0.25, 0.3) is 17.0 Å². The molecular weight excluding hydrogens is 316 g/mol. The van der Waals surface area contributed by atoms with Gasteiger partial charge in [0.2, 0.25) is 0 Å². The Labute approximate surface area is 145 Å². The van der Waals surface area contributed by atoms with Crippen molar-refractivity contribution in [2.75, 3.05) is 7.11 Å². The normalized spacial score (nSPS) is 11.1. The highest BCUT2D eigenvalue weighted by atomic mass is 16.5. The van der Waals surface area contributed by atoms with Gasteiger partial charge in [0.25, 0.3) is 0 Å². The van der Waals surface area contributed by atoms with E-state index < -0.39 is 0 Å². The summed E-state index contributed by atoms with van der Waals surface area (Å²) < 4.78 is 10.9. The standard InChI is InChI=1S/C21H18O4/c1-3-7-15-19(23)18(21(24-2)16-12-13-25-20(15)16)17(22)11-10-14-8-5-4-6-9-14/h3-6,8-13,23H,1,7H2,2H3/b11-10+. The summed E-state index contributed by atoms with van der Waals surface area (Å²) in [6, 6.07) is 11.2. The molecule has 0 spiro atoms. The van der Waals surface area contributed by atoms with Gasteiger partial charge in [-0.2, -0.15) is 0 Å². The molecule has 0 aliphatic rings. The molecule has 0 bridgehead atoms. The van der Waals surface area contributed by atoms with Crippen molar-refractivity contribution in [1.29, 1.82) is 0 Å². The van der Waals surface area contributed by atoms with Gasteiger partial charge in [-0.05, 0) is 24.1 Å². The summed E-state index contributed by atoms with van der Waals surface area (Å²) >= 11 is 0. The Morgan fingerprint density at radius 1 is 1.28 bits per heavy atom. The molecule has 0 radical (unpaired) electrons. The second-order valence-electron chi connectivity index (χ2n) is 5.50. The Hall–Kier alpha value is -3.27. The average Bonchev–Trinajstić information content (AvgIpc) is 3.11. The zero-order valence-corrected chi connectivity index (χ0v) is 13.9. The van der Waals surface area contributed by atoms with Gasteiger partial charge in [0.1, 0.15) is 22.6 Å². The van der Waals surface area contributed by atoms with Crippen molar-refractivity contribution in [3.63, 3.8) is 0 Å². The van der Waals surface area contributed by atoms with Crippen molar-refractivity contribution in [3.05, 3.63) is 78.1 Å². The maximum atomic E-state index is 12.8. The number of ether oxygens (including phenoxy) is 1. The van der Waals surface area contributed by atoms with Crippen LogP contribution < -0.4 is 4.74 Å². The first-order chi connectivity index (χ1) is 12.2. The van der Waals surface area contributed by atoms with Gasteiger partial charge in [-0.25, -0.2) is 0 Å². The number of allylic oxidation sites excluding steroid dienone is 2. The molecule has 0 aliphatic heterocycles. The predicted molar refractivity (Wildman–Crippen MR) is 98.1 cm³/mol. The van der Waals surface area contributed by atoms with Crippen LogP contribution in [0.15, 0.2) is 65.8 Å². The van der Waals surface area contributed by atoms with Gasteiger partial charge < -0.3 is 14.3 Å². The minimum absolute atomic E-state index is 0.125. The first-order valence-corrected chi connectivity index (χ1v) is 7.84. The van der Waals surface area contributed by atoms with Crippen molar-refractivity contribution < 1.29 is 19.1 Å². The average molecular weight is 334 g/mol. The van der Waals surface area contributed by atoms with Gasteiger partial charge in [-0.3, -0.25) is 4.79 Å². The smallest absolute Gasteiger partial charge is 0.193 e. The van der Waals surface area contributed by atoms with Gasteiger partial charge in [-0.1, -0.05) is 42.5 Å². The number of phenols is 1. The quantitative estimate of drug-likeness (QED) is 0.401. The summed E-state index contributed by atoms with van der Waals surface area (Å²) in [6.07, 6.45) is 6.66. The lowest BCUT2D eigenvalue weighted by Crippen LogP contribution is -2.03. The Balaban J connectivity index is 2.14. The van der Waals surface area contributed by atoms with Crippen molar-refractivity contribution in [2.24, 2.45) is 0 Å². The van der Waals surface area contributed by atoms with Crippen LogP contribution in [0, 0.1) is 0 Å². The van der Waals surface area contributed by atoms with Crippen LogP contribution in [0.1, 0.15) is 21.5 Å². The van der Waals surface area contributed by atoms with Crippen LogP contribution in [0.3, 0.4) is 0 Å². The Morgan fingerprint density at radius 3 is 2.72 bits per heavy atom. The van der Waals surface area contributed by atoms with Gasteiger partial charge in [0.05, 0.1) is 18.8 Å². The van der Waals surface area contributed by atoms with Crippen LogP contribution in [-0.2, 0) is 6.42 Å². The Bertz CT molecular complexity index is 949. The SMILES string of the molecule is C=CCc1c(O)c(C(=O)/C=C/c2ccccc2)c(OC)c2ccoc12. The summed E-state index contributed by atoms with van der Waals surface area (Å²) in [7, 11) is 1.46. The van der Waals surface area contributed by atoms with Gasteiger partial charge >= 0.3 is 0 Å². The molecule has 3 aromatic rings. The second-order valence-corrected chi connectivity index (χ2v) is 5.50. The number of benzene rings is 2. The van der Waals surface area contributed by atoms with Crippen LogP contribution >= 0.6 is 0 Å². The molecule has 1 aromatic heterocycles. The molecule has 126 valence electrons. The van der Waals surface area contributed by atoms with Crippen molar-refractivity contribution >= 4 is 22.8 Å². The van der Waals surface area contributed by atoms with E-state index in [1.54, 1.807) is 18.2 Å². The number of methoxy groups -OCH3 is 1. The number of carbonyl (C=O) groups excluding carboxylic acids is 1.